The Bertz CT molecular complexity index is 596. The van der Waals surface area contributed by atoms with E-state index in [1.54, 1.807) is 0 Å². The van der Waals surface area contributed by atoms with E-state index in [1.165, 1.54) is 6.07 Å². The summed E-state index contributed by atoms with van der Waals surface area (Å²) in [6, 6.07) is 3.51. The Labute approximate surface area is 125 Å². The number of nitro benzene ring substituents is 1. The van der Waals surface area contributed by atoms with Crippen molar-refractivity contribution in [2.75, 3.05) is 32.2 Å². The summed E-state index contributed by atoms with van der Waals surface area (Å²) in [5.41, 5.74) is -0.263. The number of rotatable bonds is 4. The predicted octanol–water partition coefficient (Wildman–Crippen LogP) is 0.735. The molecule has 1 amide bonds. The van der Waals surface area contributed by atoms with E-state index < -0.39 is 22.9 Å². The molecule has 0 saturated carbocycles. The zero-order chi connectivity index (χ0) is 16.1. The van der Waals surface area contributed by atoms with E-state index in [1.807, 2.05) is 0 Å². The van der Waals surface area contributed by atoms with Crippen LogP contribution >= 0.6 is 0 Å². The van der Waals surface area contributed by atoms with Crippen molar-refractivity contribution in [1.29, 1.82) is 0 Å². The molecule has 0 aliphatic carbocycles. The van der Waals surface area contributed by atoms with Gasteiger partial charge in [0, 0.05) is 17.8 Å². The molecule has 0 unspecified atom stereocenters. The number of hydrogen-bond acceptors (Lipinski definition) is 7. The average Bonchev–Trinajstić information content (AvgIpc) is 2.54. The highest BCUT2D eigenvalue weighted by molar-refractivity contribution is 5.97. The summed E-state index contributed by atoms with van der Waals surface area (Å²) in [5.74, 6) is -1.24. The maximum atomic E-state index is 12.0. The average molecular weight is 310 g/mol. The van der Waals surface area contributed by atoms with Gasteiger partial charge in [-0.3, -0.25) is 14.9 Å². The van der Waals surface area contributed by atoms with Gasteiger partial charge in [0.1, 0.15) is 0 Å². The summed E-state index contributed by atoms with van der Waals surface area (Å²) < 4.78 is 14.9. The first-order chi connectivity index (χ1) is 10.5. The van der Waals surface area contributed by atoms with Gasteiger partial charge in [-0.15, -0.1) is 0 Å². The van der Waals surface area contributed by atoms with Crippen LogP contribution in [0.15, 0.2) is 18.2 Å². The van der Waals surface area contributed by atoms with Crippen LogP contribution in [0.4, 0.5) is 11.4 Å². The molecule has 118 valence electrons. The summed E-state index contributed by atoms with van der Waals surface area (Å²) in [5, 5.41) is 13.4. The maximum Gasteiger partial charge on any atom is 0.338 e. The van der Waals surface area contributed by atoms with Crippen molar-refractivity contribution in [3.8, 4) is 0 Å². The van der Waals surface area contributed by atoms with Gasteiger partial charge >= 0.3 is 5.97 Å². The molecule has 1 aromatic carbocycles. The van der Waals surface area contributed by atoms with Gasteiger partial charge in [0.05, 0.1) is 37.4 Å². The number of benzene rings is 1. The number of hydrogen-bond donors (Lipinski definition) is 1. The van der Waals surface area contributed by atoms with Gasteiger partial charge < -0.3 is 19.5 Å². The third kappa shape index (κ3) is 3.77. The number of methoxy groups -OCH3 is 1. The molecule has 1 aromatic rings. The van der Waals surface area contributed by atoms with Crippen LogP contribution in [-0.4, -0.2) is 49.8 Å². The molecule has 1 atom stereocenters. The number of nitrogens with zero attached hydrogens (tertiary/aromatic N) is 1. The lowest BCUT2D eigenvalue weighted by molar-refractivity contribution is -0.384. The van der Waals surface area contributed by atoms with Crippen LogP contribution < -0.4 is 5.32 Å². The number of carbonyl (C=O) groups excluding carboxylic acids is 2. The molecular formula is C13H14N2O7. The Hall–Kier alpha value is -2.52. The SMILES string of the molecule is COC(=O)c1cc(NC(=O)[C@@H]2COCCO2)cc([N+](=O)[O-])c1. The lowest BCUT2D eigenvalue weighted by atomic mass is 10.1. The third-order valence-corrected chi connectivity index (χ3v) is 2.93. The van der Waals surface area contributed by atoms with E-state index in [9.17, 15) is 19.7 Å². The summed E-state index contributed by atoms with van der Waals surface area (Å²) in [4.78, 5) is 33.8. The number of amides is 1. The van der Waals surface area contributed by atoms with Crippen molar-refractivity contribution in [2.45, 2.75) is 6.10 Å². The van der Waals surface area contributed by atoms with Crippen molar-refractivity contribution in [3.05, 3.63) is 33.9 Å². The normalized spacial score (nSPS) is 17.6. The topological polar surface area (TPSA) is 117 Å². The number of nitrogens with one attached hydrogen (secondary N) is 1. The van der Waals surface area contributed by atoms with E-state index in [0.717, 1.165) is 19.2 Å². The Morgan fingerprint density at radius 2 is 2.14 bits per heavy atom. The molecule has 1 N–H and O–H groups in total. The second-order valence-electron chi connectivity index (χ2n) is 4.44. The van der Waals surface area contributed by atoms with Crippen molar-refractivity contribution in [1.82, 2.24) is 0 Å². The molecule has 9 heteroatoms. The monoisotopic (exact) mass is 310 g/mol. The predicted molar refractivity (Wildman–Crippen MR) is 73.6 cm³/mol. The molecule has 2 rings (SSSR count). The number of esters is 1. The van der Waals surface area contributed by atoms with Crippen LogP contribution in [0.1, 0.15) is 10.4 Å². The number of carbonyl (C=O) groups is 2. The van der Waals surface area contributed by atoms with Gasteiger partial charge in [-0.2, -0.15) is 0 Å². The van der Waals surface area contributed by atoms with Gasteiger partial charge in [-0.1, -0.05) is 0 Å². The molecule has 1 fully saturated rings. The van der Waals surface area contributed by atoms with Crippen molar-refractivity contribution < 1.29 is 28.7 Å². The van der Waals surface area contributed by atoms with Crippen LogP contribution in [0.5, 0.6) is 0 Å². The van der Waals surface area contributed by atoms with Gasteiger partial charge in [0.15, 0.2) is 6.10 Å². The second-order valence-corrected chi connectivity index (χ2v) is 4.44. The fourth-order valence-corrected chi connectivity index (χ4v) is 1.89. The Morgan fingerprint density at radius 1 is 1.36 bits per heavy atom. The number of nitro groups is 1. The zero-order valence-corrected chi connectivity index (χ0v) is 11.7. The molecule has 0 aromatic heterocycles. The highest BCUT2D eigenvalue weighted by atomic mass is 16.6. The van der Waals surface area contributed by atoms with Crippen LogP contribution in [0.2, 0.25) is 0 Å². The molecule has 1 aliphatic heterocycles. The molecule has 22 heavy (non-hydrogen) atoms. The largest absolute Gasteiger partial charge is 0.465 e. The first kappa shape index (κ1) is 15.9. The minimum Gasteiger partial charge on any atom is -0.465 e. The van der Waals surface area contributed by atoms with E-state index in [2.05, 4.69) is 10.1 Å². The summed E-state index contributed by atoms with van der Waals surface area (Å²) >= 11 is 0. The van der Waals surface area contributed by atoms with Crippen LogP contribution in [0.3, 0.4) is 0 Å². The quantitative estimate of drug-likeness (QED) is 0.495. The molecule has 1 aliphatic rings. The number of ether oxygens (including phenoxy) is 3. The molecule has 0 spiro atoms. The summed E-state index contributed by atoms with van der Waals surface area (Å²) in [6.07, 6.45) is -0.797. The van der Waals surface area contributed by atoms with Crippen LogP contribution in [-0.2, 0) is 19.0 Å². The van der Waals surface area contributed by atoms with E-state index in [0.29, 0.717) is 13.2 Å². The molecule has 0 radical (unpaired) electrons. The zero-order valence-electron chi connectivity index (χ0n) is 11.7. The standard InChI is InChI=1S/C13H14N2O7/c1-20-13(17)8-4-9(6-10(5-8)15(18)19)14-12(16)11-7-21-2-3-22-11/h4-6,11H,2-3,7H2,1H3,(H,14,16)/t11-/m0/s1. The van der Waals surface area contributed by atoms with Crippen molar-refractivity contribution in [3.63, 3.8) is 0 Å². The minimum absolute atomic E-state index is 0.0344. The minimum atomic E-state index is -0.797. The molecular weight excluding hydrogens is 296 g/mol. The van der Waals surface area contributed by atoms with Gasteiger partial charge in [0.2, 0.25) is 0 Å². The Balaban J connectivity index is 2.21. The molecule has 9 nitrogen and oxygen atoms in total. The lowest BCUT2D eigenvalue weighted by Crippen LogP contribution is -2.39. The van der Waals surface area contributed by atoms with E-state index in [-0.39, 0.29) is 23.5 Å². The Kier molecular flexibility index (Phi) is 5.02. The Morgan fingerprint density at radius 3 is 2.73 bits per heavy atom. The highest BCUT2D eigenvalue weighted by Crippen LogP contribution is 2.22. The number of non-ortho nitro benzene ring substituents is 1. The summed E-state index contributed by atoms with van der Waals surface area (Å²) in [7, 11) is 1.16. The molecule has 1 saturated heterocycles. The van der Waals surface area contributed by atoms with Gasteiger partial charge in [-0.05, 0) is 6.07 Å². The second kappa shape index (κ2) is 6.96. The van der Waals surface area contributed by atoms with Gasteiger partial charge in [-0.25, -0.2) is 4.79 Å². The lowest BCUT2D eigenvalue weighted by Gasteiger charge is -2.22. The van der Waals surface area contributed by atoms with E-state index >= 15 is 0 Å². The number of anilines is 1. The first-order valence-electron chi connectivity index (χ1n) is 6.39. The van der Waals surface area contributed by atoms with Crippen LogP contribution in [0.25, 0.3) is 0 Å². The van der Waals surface area contributed by atoms with Crippen LogP contribution in [0, 0.1) is 10.1 Å². The smallest absolute Gasteiger partial charge is 0.338 e. The summed E-state index contributed by atoms with van der Waals surface area (Å²) in [6.45, 7) is 0.804. The molecule has 0 bridgehead atoms. The van der Waals surface area contributed by atoms with E-state index in [4.69, 9.17) is 9.47 Å². The molecule has 1 heterocycles. The maximum absolute atomic E-state index is 12.0. The first-order valence-corrected chi connectivity index (χ1v) is 6.39. The fraction of sp³-hybridized carbons (Fsp3) is 0.385. The highest BCUT2D eigenvalue weighted by Gasteiger charge is 2.24. The van der Waals surface area contributed by atoms with Gasteiger partial charge in [0.25, 0.3) is 11.6 Å². The third-order valence-electron chi connectivity index (χ3n) is 2.93. The fourth-order valence-electron chi connectivity index (χ4n) is 1.89. The van der Waals surface area contributed by atoms with Crippen molar-refractivity contribution in [2.24, 2.45) is 0 Å². The van der Waals surface area contributed by atoms with Crippen molar-refractivity contribution >= 4 is 23.3 Å².